The van der Waals surface area contributed by atoms with Crippen molar-refractivity contribution in [1.29, 1.82) is 0 Å². The van der Waals surface area contributed by atoms with E-state index in [9.17, 15) is 23.1 Å². The largest absolute Gasteiger partial charge is 0.507 e. The lowest BCUT2D eigenvalue weighted by Crippen LogP contribution is -2.11. The van der Waals surface area contributed by atoms with Crippen molar-refractivity contribution < 1.29 is 23.1 Å². The molecule has 6 heteroatoms. The second kappa shape index (κ2) is 4.88. The van der Waals surface area contributed by atoms with Gasteiger partial charge in [0.1, 0.15) is 5.75 Å². The van der Waals surface area contributed by atoms with Gasteiger partial charge >= 0.3 is 6.18 Å². The van der Waals surface area contributed by atoms with Crippen LogP contribution in [0.25, 0.3) is 11.1 Å². The van der Waals surface area contributed by atoms with Crippen LogP contribution in [0.15, 0.2) is 42.5 Å². The van der Waals surface area contributed by atoms with Crippen LogP contribution in [0.3, 0.4) is 0 Å². The molecular formula is C14H10F3NO2. The third kappa shape index (κ3) is 2.74. The molecule has 0 unspecified atom stereocenters. The molecule has 0 spiro atoms. The van der Waals surface area contributed by atoms with Crippen molar-refractivity contribution in [3.63, 3.8) is 0 Å². The minimum Gasteiger partial charge on any atom is -0.507 e. The van der Waals surface area contributed by atoms with E-state index in [4.69, 9.17) is 5.73 Å². The van der Waals surface area contributed by atoms with Gasteiger partial charge in [0.15, 0.2) is 0 Å². The van der Waals surface area contributed by atoms with E-state index in [1.165, 1.54) is 30.3 Å². The fraction of sp³-hybridized carbons (Fsp3) is 0.0714. The first-order valence-electron chi connectivity index (χ1n) is 5.59. The summed E-state index contributed by atoms with van der Waals surface area (Å²) < 4.78 is 37.4. The zero-order chi connectivity index (χ0) is 14.9. The Hall–Kier alpha value is -2.50. The van der Waals surface area contributed by atoms with Crippen molar-refractivity contribution in [2.24, 2.45) is 5.73 Å². The van der Waals surface area contributed by atoms with E-state index in [1.54, 1.807) is 0 Å². The fourth-order valence-corrected chi connectivity index (χ4v) is 1.76. The molecule has 0 bridgehead atoms. The second-order valence-corrected chi connectivity index (χ2v) is 4.17. The van der Waals surface area contributed by atoms with Gasteiger partial charge in [-0.3, -0.25) is 4.79 Å². The van der Waals surface area contributed by atoms with Crippen molar-refractivity contribution in [3.05, 3.63) is 53.6 Å². The summed E-state index contributed by atoms with van der Waals surface area (Å²) in [5, 5.41) is 9.45. The Balaban J connectivity index is 2.42. The summed E-state index contributed by atoms with van der Waals surface area (Å²) in [5.41, 5.74) is 5.24. The SMILES string of the molecule is NC(=O)c1cc(-c2ccc(C(F)(F)F)cc2)ccc1O. The van der Waals surface area contributed by atoms with Crippen molar-refractivity contribution in [2.75, 3.05) is 0 Å². The van der Waals surface area contributed by atoms with Gasteiger partial charge in [-0.2, -0.15) is 13.2 Å². The predicted octanol–water partition coefficient (Wildman–Crippen LogP) is 3.18. The normalized spacial score (nSPS) is 11.3. The molecule has 0 saturated heterocycles. The highest BCUT2D eigenvalue weighted by molar-refractivity contribution is 5.96. The average molecular weight is 281 g/mol. The second-order valence-electron chi connectivity index (χ2n) is 4.17. The fourth-order valence-electron chi connectivity index (χ4n) is 1.76. The minimum absolute atomic E-state index is 0.0811. The lowest BCUT2D eigenvalue weighted by Gasteiger charge is -2.09. The first-order chi connectivity index (χ1) is 9.29. The highest BCUT2D eigenvalue weighted by Crippen LogP contribution is 2.31. The lowest BCUT2D eigenvalue weighted by molar-refractivity contribution is -0.137. The summed E-state index contributed by atoms with van der Waals surface area (Å²) in [7, 11) is 0. The van der Waals surface area contributed by atoms with E-state index < -0.39 is 17.6 Å². The van der Waals surface area contributed by atoms with Crippen LogP contribution < -0.4 is 5.73 Å². The number of carbonyl (C=O) groups is 1. The van der Waals surface area contributed by atoms with Crippen molar-refractivity contribution in [1.82, 2.24) is 0 Å². The average Bonchev–Trinajstić information content (AvgIpc) is 2.38. The maximum Gasteiger partial charge on any atom is 0.416 e. The smallest absolute Gasteiger partial charge is 0.416 e. The van der Waals surface area contributed by atoms with Crippen LogP contribution in [0.1, 0.15) is 15.9 Å². The molecule has 0 radical (unpaired) electrons. The number of nitrogens with two attached hydrogens (primary N) is 1. The summed E-state index contributed by atoms with van der Waals surface area (Å²) >= 11 is 0. The molecule has 0 aliphatic heterocycles. The molecule has 0 fully saturated rings. The molecule has 0 heterocycles. The van der Waals surface area contributed by atoms with Gasteiger partial charge in [0.25, 0.3) is 5.91 Å². The predicted molar refractivity (Wildman–Crippen MR) is 67.1 cm³/mol. The minimum atomic E-state index is -4.40. The molecular weight excluding hydrogens is 271 g/mol. The molecule has 20 heavy (non-hydrogen) atoms. The molecule has 104 valence electrons. The molecule has 2 aromatic rings. The number of benzene rings is 2. The molecule has 0 saturated carbocycles. The van der Waals surface area contributed by atoms with E-state index >= 15 is 0 Å². The van der Waals surface area contributed by atoms with Crippen LogP contribution >= 0.6 is 0 Å². The van der Waals surface area contributed by atoms with Crippen molar-refractivity contribution in [3.8, 4) is 16.9 Å². The van der Waals surface area contributed by atoms with Crippen molar-refractivity contribution >= 4 is 5.91 Å². The van der Waals surface area contributed by atoms with Gasteiger partial charge in [0.2, 0.25) is 0 Å². The lowest BCUT2D eigenvalue weighted by atomic mass is 10.0. The van der Waals surface area contributed by atoms with Gasteiger partial charge in [-0.05, 0) is 35.4 Å². The highest BCUT2D eigenvalue weighted by atomic mass is 19.4. The first-order valence-corrected chi connectivity index (χ1v) is 5.59. The van der Waals surface area contributed by atoms with Crippen LogP contribution in [-0.4, -0.2) is 11.0 Å². The highest BCUT2D eigenvalue weighted by Gasteiger charge is 2.29. The molecule has 0 aliphatic rings. The quantitative estimate of drug-likeness (QED) is 0.888. The van der Waals surface area contributed by atoms with E-state index in [0.717, 1.165) is 12.1 Å². The molecule has 3 N–H and O–H groups in total. The maximum absolute atomic E-state index is 12.5. The van der Waals surface area contributed by atoms with E-state index in [-0.39, 0.29) is 11.3 Å². The van der Waals surface area contributed by atoms with Crippen molar-refractivity contribution in [2.45, 2.75) is 6.18 Å². The van der Waals surface area contributed by atoms with Crippen LogP contribution in [0, 0.1) is 0 Å². The number of amides is 1. The summed E-state index contributed by atoms with van der Waals surface area (Å²) in [6.07, 6.45) is -4.40. The summed E-state index contributed by atoms with van der Waals surface area (Å²) in [5.74, 6) is -1.08. The van der Waals surface area contributed by atoms with Crippen LogP contribution in [-0.2, 0) is 6.18 Å². The Morgan fingerprint density at radius 3 is 2.05 bits per heavy atom. The number of primary amides is 1. The summed E-state index contributed by atoms with van der Waals surface area (Å²) in [4.78, 5) is 11.1. The van der Waals surface area contributed by atoms with Crippen LogP contribution in [0.2, 0.25) is 0 Å². The first kappa shape index (κ1) is 13.9. The maximum atomic E-state index is 12.5. The Kier molecular flexibility index (Phi) is 3.40. The number of aromatic hydroxyl groups is 1. The molecule has 1 amide bonds. The molecule has 2 rings (SSSR count). The number of rotatable bonds is 2. The standard InChI is InChI=1S/C14H10F3NO2/c15-14(16,17)10-4-1-8(2-5-10)9-3-6-12(19)11(7-9)13(18)20/h1-7,19H,(H2,18,20). The Morgan fingerprint density at radius 2 is 1.55 bits per heavy atom. The third-order valence-electron chi connectivity index (χ3n) is 2.81. The molecule has 0 aromatic heterocycles. The number of phenols is 1. The third-order valence-corrected chi connectivity index (χ3v) is 2.81. The molecule has 3 nitrogen and oxygen atoms in total. The van der Waals surface area contributed by atoms with Gasteiger partial charge < -0.3 is 10.8 Å². The van der Waals surface area contributed by atoms with E-state index in [2.05, 4.69) is 0 Å². The molecule has 2 aromatic carbocycles. The number of hydrogen-bond acceptors (Lipinski definition) is 2. The number of carbonyl (C=O) groups excluding carboxylic acids is 1. The zero-order valence-electron chi connectivity index (χ0n) is 10.1. The molecule has 0 aliphatic carbocycles. The van der Waals surface area contributed by atoms with Gasteiger partial charge in [-0.1, -0.05) is 18.2 Å². The Morgan fingerprint density at radius 1 is 1.00 bits per heavy atom. The molecule has 0 atom stereocenters. The van der Waals surface area contributed by atoms with E-state index in [0.29, 0.717) is 11.1 Å². The summed E-state index contributed by atoms with van der Waals surface area (Å²) in [6, 6.07) is 8.58. The van der Waals surface area contributed by atoms with Gasteiger partial charge in [0.05, 0.1) is 11.1 Å². The number of hydrogen-bond donors (Lipinski definition) is 2. The number of halogens is 3. The summed E-state index contributed by atoms with van der Waals surface area (Å²) in [6.45, 7) is 0. The Bertz CT molecular complexity index is 648. The van der Waals surface area contributed by atoms with Crippen LogP contribution in [0.5, 0.6) is 5.75 Å². The zero-order valence-corrected chi connectivity index (χ0v) is 10.1. The monoisotopic (exact) mass is 281 g/mol. The van der Waals surface area contributed by atoms with Gasteiger partial charge in [-0.15, -0.1) is 0 Å². The Labute approximate surface area is 112 Å². The van der Waals surface area contributed by atoms with Crippen LogP contribution in [0.4, 0.5) is 13.2 Å². The topological polar surface area (TPSA) is 63.3 Å². The van der Waals surface area contributed by atoms with Gasteiger partial charge in [-0.25, -0.2) is 0 Å². The van der Waals surface area contributed by atoms with Gasteiger partial charge in [0, 0.05) is 0 Å². The van der Waals surface area contributed by atoms with E-state index in [1.807, 2.05) is 0 Å². The number of alkyl halides is 3.